The Hall–Kier alpha value is -0.860. The van der Waals surface area contributed by atoms with E-state index in [9.17, 15) is 0 Å². The van der Waals surface area contributed by atoms with Crippen LogP contribution in [-0.4, -0.2) is 38.1 Å². The van der Waals surface area contributed by atoms with Crippen LogP contribution in [0.2, 0.25) is 0 Å². The third kappa shape index (κ3) is 3.83. The van der Waals surface area contributed by atoms with Gasteiger partial charge in [-0.1, -0.05) is 51.1 Å². The van der Waals surface area contributed by atoms with Gasteiger partial charge < -0.3 is 10.2 Å². The average molecular weight is 274 g/mol. The highest BCUT2D eigenvalue weighted by Crippen LogP contribution is 2.28. The molecule has 0 aromatic heterocycles. The predicted molar refractivity (Wildman–Crippen MR) is 87.1 cm³/mol. The van der Waals surface area contributed by atoms with Crippen LogP contribution in [0.25, 0.3) is 0 Å². The normalized spacial score (nSPS) is 27.2. The maximum atomic E-state index is 3.39. The molecule has 1 aromatic rings. The minimum Gasteiger partial charge on any atom is -0.319 e. The lowest BCUT2D eigenvalue weighted by atomic mass is 9.80. The highest BCUT2D eigenvalue weighted by Gasteiger charge is 2.31. The molecule has 0 amide bonds. The molecule has 2 heteroatoms. The average Bonchev–Trinajstić information content (AvgIpc) is 2.38. The fourth-order valence-corrected chi connectivity index (χ4v) is 3.89. The van der Waals surface area contributed by atoms with Crippen molar-refractivity contribution in [3.8, 4) is 0 Å². The van der Waals surface area contributed by atoms with Gasteiger partial charge in [-0.25, -0.2) is 0 Å². The second-order valence-corrected chi connectivity index (χ2v) is 7.10. The van der Waals surface area contributed by atoms with Crippen LogP contribution in [0.3, 0.4) is 0 Å². The van der Waals surface area contributed by atoms with Gasteiger partial charge in [0.05, 0.1) is 0 Å². The van der Waals surface area contributed by atoms with Gasteiger partial charge in [0.2, 0.25) is 0 Å². The van der Waals surface area contributed by atoms with Crippen LogP contribution in [-0.2, 0) is 5.41 Å². The van der Waals surface area contributed by atoms with E-state index in [-0.39, 0.29) is 5.41 Å². The van der Waals surface area contributed by atoms with Gasteiger partial charge in [-0.2, -0.15) is 0 Å². The number of piperidine rings is 1. The van der Waals surface area contributed by atoms with E-state index in [2.05, 4.69) is 68.4 Å². The molecule has 1 saturated heterocycles. The van der Waals surface area contributed by atoms with E-state index < -0.39 is 0 Å². The molecule has 112 valence electrons. The number of benzene rings is 1. The molecule has 2 rings (SSSR count). The number of likely N-dealkylation sites (tertiary alicyclic amines) is 1. The van der Waals surface area contributed by atoms with Crippen molar-refractivity contribution in [2.24, 2.45) is 11.8 Å². The lowest BCUT2D eigenvalue weighted by molar-refractivity contribution is 0.114. The first-order valence-corrected chi connectivity index (χ1v) is 7.96. The third-order valence-electron chi connectivity index (χ3n) is 4.55. The summed E-state index contributed by atoms with van der Waals surface area (Å²) in [6.07, 6.45) is 1.38. The molecule has 1 heterocycles. The Bertz CT molecular complexity index is 393. The zero-order valence-corrected chi connectivity index (χ0v) is 13.5. The first-order chi connectivity index (χ1) is 9.53. The van der Waals surface area contributed by atoms with Crippen molar-refractivity contribution in [3.05, 3.63) is 35.9 Å². The SMILES string of the molecule is CNCC(C)(CN1CC(C)CC(C)C1)c1ccccc1. The van der Waals surface area contributed by atoms with Crippen molar-refractivity contribution in [2.75, 3.05) is 33.2 Å². The van der Waals surface area contributed by atoms with E-state index in [0.717, 1.165) is 24.9 Å². The molecular weight excluding hydrogens is 244 g/mol. The minimum absolute atomic E-state index is 0.187. The van der Waals surface area contributed by atoms with Crippen LogP contribution < -0.4 is 5.32 Å². The molecule has 3 unspecified atom stereocenters. The molecule has 0 bridgehead atoms. The molecule has 0 aliphatic carbocycles. The topological polar surface area (TPSA) is 15.3 Å². The summed E-state index contributed by atoms with van der Waals surface area (Å²) in [6, 6.07) is 11.0. The van der Waals surface area contributed by atoms with E-state index in [1.54, 1.807) is 0 Å². The summed E-state index contributed by atoms with van der Waals surface area (Å²) in [7, 11) is 2.06. The van der Waals surface area contributed by atoms with Crippen LogP contribution in [0.1, 0.15) is 32.8 Å². The number of hydrogen-bond donors (Lipinski definition) is 1. The molecule has 2 nitrogen and oxygen atoms in total. The van der Waals surface area contributed by atoms with Gasteiger partial charge in [0.25, 0.3) is 0 Å². The van der Waals surface area contributed by atoms with Gasteiger partial charge >= 0.3 is 0 Å². The van der Waals surface area contributed by atoms with Crippen LogP contribution in [0.15, 0.2) is 30.3 Å². The fourth-order valence-electron chi connectivity index (χ4n) is 3.89. The van der Waals surface area contributed by atoms with Crippen molar-refractivity contribution in [2.45, 2.75) is 32.6 Å². The second kappa shape index (κ2) is 6.73. The summed E-state index contributed by atoms with van der Waals surface area (Å²) in [4.78, 5) is 2.67. The Morgan fingerprint density at radius 3 is 2.30 bits per heavy atom. The molecule has 1 aromatic carbocycles. The maximum absolute atomic E-state index is 3.39. The Balaban J connectivity index is 2.12. The monoisotopic (exact) mass is 274 g/mol. The Morgan fingerprint density at radius 2 is 1.75 bits per heavy atom. The van der Waals surface area contributed by atoms with E-state index in [4.69, 9.17) is 0 Å². The summed E-state index contributed by atoms with van der Waals surface area (Å²) in [5.74, 6) is 1.65. The minimum atomic E-state index is 0.187. The second-order valence-electron chi connectivity index (χ2n) is 7.10. The summed E-state index contributed by atoms with van der Waals surface area (Å²) in [5, 5.41) is 3.39. The molecule has 0 saturated carbocycles. The molecule has 0 radical (unpaired) electrons. The molecule has 1 N–H and O–H groups in total. The van der Waals surface area contributed by atoms with Gasteiger partial charge in [-0.3, -0.25) is 0 Å². The van der Waals surface area contributed by atoms with Crippen molar-refractivity contribution < 1.29 is 0 Å². The highest BCUT2D eigenvalue weighted by molar-refractivity contribution is 5.25. The molecule has 1 fully saturated rings. The van der Waals surface area contributed by atoms with Gasteiger partial charge in [0.15, 0.2) is 0 Å². The number of nitrogens with one attached hydrogen (secondary N) is 1. The summed E-state index contributed by atoms with van der Waals surface area (Å²) < 4.78 is 0. The standard InChI is InChI=1S/C18H30N2/c1-15-10-16(2)12-20(11-15)14-18(3,13-19-4)17-8-6-5-7-9-17/h5-9,15-16,19H,10-14H2,1-4H3. The van der Waals surface area contributed by atoms with Crippen molar-refractivity contribution in [1.82, 2.24) is 10.2 Å². The summed E-state index contributed by atoms with van der Waals surface area (Å²) >= 11 is 0. The van der Waals surface area contributed by atoms with Gasteiger partial charge in [0.1, 0.15) is 0 Å². The maximum Gasteiger partial charge on any atom is 0.0176 e. The molecule has 1 aliphatic heterocycles. The first kappa shape index (κ1) is 15.5. The lowest BCUT2D eigenvalue weighted by Gasteiger charge is -2.41. The summed E-state index contributed by atoms with van der Waals surface area (Å²) in [6.45, 7) is 11.8. The van der Waals surface area contributed by atoms with Crippen LogP contribution >= 0.6 is 0 Å². The number of nitrogens with zero attached hydrogens (tertiary/aromatic N) is 1. The smallest absolute Gasteiger partial charge is 0.0176 e. The Kier molecular flexibility index (Phi) is 5.22. The molecule has 0 spiro atoms. The van der Waals surface area contributed by atoms with Crippen LogP contribution in [0.4, 0.5) is 0 Å². The number of likely N-dealkylation sites (N-methyl/N-ethyl adjacent to an activating group) is 1. The Morgan fingerprint density at radius 1 is 1.15 bits per heavy atom. The zero-order chi connectivity index (χ0) is 14.6. The van der Waals surface area contributed by atoms with Crippen molar-refractivity contribution in [3.63, 3.8) is 0 Å². The van der Waals surface area contributed by atoms with E-state index >= 15 is 0 Å². The van der Waals surface area contributed by atoms with Crippen molar-refractivity contribution in [1.29, 1.82) is 0 Å². The van der Waals surface area contributed by atoms with Crippen LogP contribution in [0.5, 0.6) is 0 Å². The van der Waals surface area contributed by atoms with E-state index in [1.807, 2.05) is 0 Å². The molecule has 20 heavy (non-hydrogen) atoms. The van der Waals surface area contributed by atoms with Gasteiger partial charge in [0, 0.05) is 31.6 Å². The quantitative estimate of drug-likeness (QED) is 0.887. The lowest BCUT2D eigenvalue weighted by Crippen LogP contribution is -2.49. The molecule has 3 atom stereocenters. The highest BCUT2D eigenvalue weighted by atomic mass is 15.1. The zero-order valence-electron chi connectivity index (χ0n) is 13.5. The van der Waals surface area contributed by atoms with Crippen LogP contribution in [0, 0.1) is 11.8 Å². The van der Waals surface area contributed by atoms with Gasteiger partial charge in [-0.15, -0.1) is 0 Å². The van der Waals surface area contributed by atoms with Gasteiger partial charge in [-0.05, 0) is 30.9 Å². The number of hydrogen-bond acceptors (Lipinski definition) is 2. The fraction of sp³-hybridized carbons (Fsp3) is 0.667. The van der Waals surface area contributed by atoms with E-state index in [1.165, 1.54) is 25.1 Å². The third-order valence-corrected chi connectivity index (χ3v) is 4.55. The van der Waals surface area contributed by atoms with Crippen molar-refractivity contribution >= 4 is 0 Å². The molecule has 1 aliphatic rings. The number of rotatable bonds is 5. The largest absolute Gasteiger partial charge is 0.319 e. The predicted octanol–water partition coefficient (Wildman–Crippen LogP) is 3.14. The summed E-state index contributed by atoms with van der Waals surface area (Å²) in [5.41, 5.74) is 1.63. The Labute approximate surface area is 124 Å². The first-order valence-electron chi connectivity index (χ1n) is 7.96. The molecular formula is C18H30N2. The van der Waals surface area contributed by atoms with E-state index in [0.29, 0.717) is 0 Å².